The van der Waals surface area contributed by atoms with E-state index >= 15 is 0 Å². The molecule has 1 N–H and O–H groups in total. The van der Waals surface area contributed by atoms with E-state index in [2.05, 4.69) is 5.32 Å². The molecule has 1 saturated carbocycles. The molecule has 1 unspecified atom stereocenters. The summed E-state index contributed by atoms with van der Waals surface area (Å²) >= 11 is 0. The highest BCUT2D eigenvalue weighted by Crippen LogP contribution is 2.32. The molecular weight excluding hydrogens is 388 g/mol. The summed E-state index contributed by atoms with van der Waals surface area (Å²) in [5, 5.41) is 2.80. The summed E-state index contributed by atoms with van der Waals surface area (Å²) in [5.74, 6) is 0.387. The second kappa shape index (κ2) is 8.16. The van der Waals surface area contributed by atoms with Gasteiger partial charge in [-0.05, 0) is 68.0 Å². The predicted molar refractivity (Wildman–Crippen MR) is 110 cm³/mol. The molecule has 154 valence electrons. The molecule has 29 heavy (non-hydrogen) atoms. The van der Waals surface area contributed by atoms with E-state index in [0.29, 0.717) is 17.9 Å². The van der Waals surface area contributed by atoms with E-state index in [4.69, 9.17) is 4.74 Å². The third-order valence-corrected chi connectivity index (χ3v) is 7.56. The van der Waals surface area contributed by atoms with Gasteiger partial charge in [0.2, 0.25) is 15.9 Å². The lowest BCUT2D eigenvalue weighted by Crippen LogP contribution is -2.52. The lowest BCUT2D eigenvalue weighted by molar-refractivity contribution is -0.126. The molecule has 1 heterocycles. The molecule has 0 spiro atoms. The van der Waals surface area contributed by atoms with Gasteiger partial charge in [0, 0.05) is 13.1 Å². The normalized spacial score (nSPS) is 21.1. The number of amides is 1. The van der Waals surface area contributed by atoms with Gasteiger partial charge < -0.3 is 10.1 Å². The van der Waals surface area contributed by atoms with Gasteiger partial charge in [-0.2, -0.15) is 4.31 Å². The van der Waals surface area contributed by atoms with Crippen molar-refractivity contribution in [2.45, 2.75) is 49.6 Å². The fourth-order valence-electron chi connectivity index (χ4n) is 4.12. The Balaban J connectivity index is 1.62. The highest BCUT2D eigenvalue weighted by atomic mass is 32.2. The molecule has 2 aliphatic rings. The van der Waals surface area contributed by atoms with Gasteiger partial charge in [0.1, 0.15) is 11.8 Å². The molecule has 1 aliphatic heterocycles. The Labute approximate surface area is 171 Å². The third kappa shape index (κ3) is 4.02. The predicted octanol–water partition coefficient (Wildman–Crippen LogP) is 3.18. The molecular formula is C22H26N2O4S. The number of sulfonamides is 1. The fourth-order valence-corrected chi connectivity index (χ4v) is 5.69. The summed E-state index contributed by atoms with van der Waals surface area (Å²) in [6, 6.07) is 13.1. The number of carbonyl (C=O) groups excluding carboxylic acids is 1. The number of piperazine rings is 1. The lowest BCUT2D eigenvalue weighted by Gasteiger charge is -2.35. The Morgan fingerprint density at radius 3 is 2.41 bits per heavy atom. The summed E-state index contributed by atoms with van der Waals surface area (Å²) < 4.78 is 34.0. The Morgan fingerprint density at radius 2 is 1.72 bits per heavy atom. The van der Waals surface area contributed by atoms with Crippen LogP contribution in [0.2, 0.25) is 0 Å². The van der Waals surface area contributed by atoms with Gasteiger partial charge in [-0.25, -0.2) is 8.42 Å². The van der Waals surface area contributed by atoms with E-state index in [1.807, 2.05) is 31.2 Å². The van der Waals surface area contributed by atoms with Gasteiger partial charge in [-0.3, -0.25) is 4.79 Å². The van der Waals surface area contributed by atoms with Crippen molar-refractivity contribution in [1.82, 2.24) is 9.62 Å². The van der Waals surface area contributed by atoms with Crippen molar-refractivity contribution in [1.29, 1.82) is 0 Å². The number of rotatable bonds is 5. The van der Waals surface area contributed by atoms with Crippen LogP contribution in [0.5, 0.6) is 5.75 Å². The minimum absolute atomic E-state index is 0.171. The summed E-state index contributed by atoms with van der Waals surface area (Å²) in [5.41, 5.74) is 1.59. The zero-order valence-corrected chi connectivity index (χ0v) is 17.3. The van der Waals surface area contributed by atoms with E-state index < -0.39 is 16.1 Å². The van der Waals surface area contributed by atoms with Crippen LogP contribution in [0.1, 0.15) is 42.9 Å². The van der Waals surface area contributed by atoms with Crippen molar-refractivity contribution in [3.63, 3.8) is 0 Å². The van der Waals surface area contributed by atoms with Crippen molar-refractivity contribution in [2.75, 3.05) is 13.1 Å². The average molecular weight is 415 g/mol. The number of hydrogen-bond acceptors (Lipinski definition) is 4. The molecule has 2 aromatic carbocycles. The second-order valence-electron chi connectivity index (χ2n) is 7.66. The lowest BCUT2D eigenvalue weighted by atomic mass is 9.99. The molecule has 2 fully saturated rings. The number of benzene rings is 2. The average Bonchev–Trinajstić information content (AvgIpc) is 3.22. The number of aryl methyl sites for hydroxylation is 1. The van der Waals surface area contributed by atoms with E-state index in [-0.39, 0.29) is 23.5 Å². The Hall–Kier alpha value is -2.38. The summed E-state index contributed by atoms with van der Waals surface area (Å²) in [7, 11) is -3.84. The van der Waals surface area contributed by atoms with E-state index in [1.54, 1.807) is 24.3 Å². The van der Waals surface area contributed by atoms with Crippen LogP contribution < -0.4 is 10.1 Å². The topological polar surface area (TPSA) is 75.7 Å². The van der Waals surface area contributed by atoms with E-state index in [9.17, 15) is 13.2 Å². The van der Waals surface area contributed by atoms with Crippen LogP contribution in [-0.2, 0) is 14.8 Å². The summed E-state index contributed by atoms with van der Waals surface area (Å²) in [4.78, 5) is 12.8. The monoisotopic (exact) mass is 414 g/mol. The van der Waals surface area contributed by atoms with Crippen molar-refractivity contribution in [3.8, 4) is 5.75 Å². The standard InChI is InChI=1S/C22H26N2O4S/c1-16-6-2-5-9-20(16)21-22(25)23-14-15-24(21)29(26,27)19-12-10-18(11-13-19)28-17-7-3-4-8-17/h2,5-6,9-13,17,21H,3-4,7-8,14-15H2,1H3,(H,23,25). The van der Waals surface area contributed by atoms with Gasteiger partial charge in [0.05, 0.1) is 11.0 Å². The van der Waals surface area contributed by atoms with Crippen molar-refractivity contribution >= 4 is 15.9 Å². The number of nitrogens with one attached hydrogen (secondary N) is 1. The Morgan fingerprint density at radius 1 is 1.03 bits per heavy atom. The highest BCUT2D eigenvalue weighted by Gasteiger charge is 2.40. The number of nitrogens with zero attached hydrogens (tertiary/aromatic N) is 1. The van der Waals surface area contributed by atoms with Crippen LogP contribution in [0.4, 0.5) is 0 Å². The molecule has 1 aliphatic carbocycles. The number of ether oxygens (including phenoxy) is 1. The van der Waals surface area contributed by atoms with Crippen LogP contribution in [0.3, 0.4) is 0 Å². The maximum atomic E-state index is 13.4. The highest BCUT2D eigenvalue weighted by molar-refractivity contribution is 7.89. The van der Waals surface area contributed by atoms with Crippen LogP contribution in [0.25, 0.3) is 0 Å². The molecule has 0 radical (unpaired) electrons. The maximum Gasteiger partial charge on any atom is 0.244 e. The summed E-state index contributed by atoms with van der Waals surface area (Å²) in [6.07, 6.45) is 4.65. The van der Waals surface area contributed by atoms with Gasteiger partial charge in [0.15, 0.2) is 0 Å². The SMILES string of the molecule is Cc1ccccc1C1C(=O)NCCN1S(=O)(=O)c1ccc(OC2CCCC2)cc1. The molecule has 0 aromatic heterocycles. The quantitative estimate of drug-likeness (QED) is 0.815. The molecule has 6 nitrogen and oxygen atoms in total. The van der Waals surface area contributed by atoms with Crippen molar-refractivity contribution in [3.05, 3.63) is 59.7 Å². The molecule has 4 rings (SSSR count). The van der Waals surface area contributed by atoms with E-state index in [1.165, 1.54) is 17.1 Å². The molecule has 1 atom stereocenters. The largest absolute Gasteiger partial charge is 0.490 e. The summed E-state index contributed by atoms with van der Waals surface area (Å²) in [6.45, 7) is 2.41. The van der Waals surface area contributed by atoms with Gasteiger partial charge in [-0.1, -0.05) is 24.3 Å². The van der Waals surface area contributed by atoms with Crippen molar-refractivity contribution in [2.24, 2.45) is 0 Å². The number of carbonyl (C=O) groups is 1. The van der Waals surface area contributed by atoms with Gasteiger partial charge in [-0.15, -0.1) is 0 Å². The fraction of sp³-hybridized carbons (Fsp3) is 0.409. The zero-order chi connectivity index (χ0) is 20.4. The third-order valence-electron chi connectivity index (χ3n) is 5.69. The smallest absolute Gasteiger partial charge is 0.244 e. The Bertz CT molecular complexity index is 982. The first-order valence-electron chi connectivity index (χ1n) is 10.1. The first-order chi connectivity index (χ1) is 14.0. The zero-order valence-electron chi connectivity index (χ0n) is 16.5. The van der Waals surface area contributed by atoms with Crippen LogP contribution in [0.15, 0.2) is 53.4 Å². The van der Waals surface area contributed by atoms with Gasteiger partial charge >= 0.3 is 0 Å². The first-order valence-corrected chi connectivity index (χ1v) is 11.5. The molecule has 1 amide bonds. The van der Waals surface area contributed by atoms with Crippen LogP contribution in [-0.4, -0.2) is 37.8 Å². The molecule has 1 saturated heterocycles. The Kier molecular flexibility index (Phi) is 5.61. The minimum Gasteiger partial charge on any atom is -0.490 e. The van der Waals surface area contributed by atoms with Crippen molar-refractivity contribution < 1.29 is 17.9 Å². The van der Waals surface area contributed by atoms with Crippen LogP contribution in [0, 0.1) is 6.92 Å². The molecule has 0 bridgehead atoms. The second-order valence-corrected chi connectivity index (χ2v) is 9.55. The molecule has 7 heteroatoms. The number of hydrogen-bond donors (Lipinski definition) is 1. The van der Waals surface area contributed by atoms with Crippen LogP contribution >= 0.6 is 0 Å². The van der Waals surface area contributed by atoms with E-state index in [0.717, 1.165) is 18.4 Å². The van der Waals surface area contributed by atoms with Gasteiger partial charge in [0.25, 0.3) is 0 Å². The molecule has 2 aromatic rings. The first kappa shape index (κ1) is 19.9. The maximum absolute atomic E-state index is 13.4. The minimum atomic E-state index is -3.84.